The van der Waals surface area contributed by atoms with Gasteiger partial charge in [-0.3, -0.25) is 20.0 Å². The van der Waals surface area contributed by atoms with E-state index in [9.17, 15) is 22.8 Å². The normalized spacial score (nSPS) is 15.7. The molecule has 1 aliphatic heterocycles. The number of alkyl halides is 3. The molecule has 0 aliphatic carbocycles. The first-order valence-electron chi connectivity index (χ1n) is 11.5. The van der Waals surface area contributed by atoms with E-state index in [0.29, 0.717) is 18.7 Å². The molecule has 0 saturated carbocycles. The molecule has 0 radical (unpaired) electrons. The Morgan fingerprint density at radius 1 is 1.08 bits per heavy atom. The van der Waals surface area contributed by atoms with Crippen LogP contribution in [0.3, 0.4) is 0 Å². The van der Waals surface area contributed by atoms with Crippen LogP contribution in [-0.4, -0.2) is 52.3 Å². The van der Waals surface area contributed by atoms with Gasteiger partial charge in [-0.05, 0) is 37.1 Å². The van der Waals surface area contributed by atoms with E-state index in [2.05, 4.69) is 35.6 Å². The van der Waals surface area contributed by atoms with E-state index >= 15 is 0 Å². The number of carbonyl (C=O) groups is 2. The standard InChI is InChI=1S/C25H25F3N6O3/c1-16-12-30-22(13-29-16)33-24(36)32-20-8-7-18(11-21(20)37-25(26,27)28)23(35)31-19-9-10-34(15-19)14-17-5-3-2-4-6-17/h2-8,11-13,19H,9-10,14-15H2,1H3,(H,31,35)(H2,30,32,33,36)/t19-/m0/s1. The fourth-order valence-electron chi connectivity index (χ4n) is 3.91. The Morgan fingerprint density at radius 2 is 1.86 bits per heavy atom. The number of aromatic nitrogens is 2. The first-order chi connectivity index (χ1) is 17.6. The Bertz CT molecular complexity index is 1240. The number of aryl methyl sites for hydroxylation is 1. The molecule has 1 aromatic heterocycles. The molecule has 1 aliphatic rings. The van der Waals surface area contributed by atoms with Crippen LogP contribution >= 0.6 is 0 Å². The molecule has 0 spiro atoms. The summed E-state index contributed by atoms with van der Waals surface area (Å²) in [5, 5.41) is 7.52. The lowest BCUT2D eigenvalue weighted by atomic mass is 10.1. The van der Waals surface area contributed by atoms with Gasteiger partial charge in [0.25, 0.3) is 5.91 Å². The molecule has 1 fully saturated rings. The maximum atomic E-state index is 13.1. The van der Waals surface area contributed by atoms with Gasteiger partial charge >= 0.3 is 12.4 Å². The second kappa shape index (κ2) is 11.2. The molecule has 1 atom stereocenters. The fraction of sp³-hybridized carbons (Fsp3) is 0.280. The molecule has 0 unspecified atom stereocenters. The van der Waals surface area contributed by atoms with Crippen LogP contribution in [0.25, 0.3) is 0 Å². The van der Waals surface area contributed by atoms with Crippen molar-refractivity contribution in [2.24, 2.45) is 0 Å². The molecule has 4 rings (SSSR count). The summed E-state index contributed by atoms with van der Waals surface area (Å²) >= 11 is 0. The number of hydrogen-bond donors (Lipinski definition) is 3. The van der Waals surface area contributed by atoms with Crippen molar-refractivity contribution in [2.75, 3.05) is 23.7 Å². The molecule has 2 aromatic carbocycles. The van der Waals surface area contributed by atoms with Crippen molar-refractivity contribution < 1.29 is 27.5 Å². The first kappa shape index (κ1) is 25.9. The molecule has 12 heteroatoms. The highest BCUT2D eigenvalue weighted by Crippen LogP contribution is 2.31. The van der Waals surface area contributed by atoms with Crippen molar-refractivity contribution in [3.8, 4) is 5.75 Å². The zero-order valence-electron chi connectivity index (χ0n) is 19.9. The summed E-state index contributed by atoms with van der Waals surface area (Å²) in [6.07, 6.45) is -1.59. The van der Waals surface area contributed by atoms with Crippen LogP contribution in [0.15, 0.2) is 60.9 Å². The van der Waals surface area contributed by atoms with E-state index in [4.69, 9.17) is 0 Å². The Balaban J connectivity index is 1.40. The summed E-state index contributed by atoms with van der Waals surface area (Å²) in [6, 6.07) is 12.3. The van der Waals surface area contributed by atoms with Gasteiger partial charge in [0.1, 0.15) is 0 Å². The summed E-state index contributed by atoms with van der Waals surface area (Å²) < 4.78 is 43.2. The number of benzene rings is 2. The molecule has 37 heavy (non-hydrogen) atoms. The molecule has 1 saturated heterocycles. The average Bonchev–Trinajstić information content (AvgIpc) is 3.28. The van der Waals surface area contributed by atoms with Crippen LogP contribution in [0, 0.1) is 6.92 Å². The summed E-state index contributed by atoms with van der Waals surface area (Å²) in [5.41, 5.74) is 1.48. The molecule has 3 amide bonds. The van der Waals surface area contributed by atoms with Gasteiger partial charge in [0.15, 0.2) is 11.6 Å². The Morgan fingerprint density at radius 3 is 2.57 bits per heavy atom. The summed E-state index contributed by atoms with van der Waals surface area (Å²) in [7, 11) is 0. The lowest BCUT2D eigenvalue weighted by Gasteiger charge is -2.18. The van der Waals surface area contributed by atoms with Crippen LogP contribution in [0.5, 0.6) is 5.75 Å². The third-order valence-corrected chi connectivity index (χ3v) is 5.60. The topological polar surface area (TPSA) is 108 Å². The van der Waals surface area contributed by atoms with Crippen LogP contribution in [0.4, 0.5) is 29.5 Å². The number of nitrogens with one attached hydrogen (secondary N) is 3. The predicted molar refractivity (Wildman–Crippen MR) is 130 cm³/mol. The minimum Gasteiger partial charge on any atom is -0.404 e. The number of amides is 3. The molecular weight excluding hydrogens is 489 g/mol. The largest absolute Gasteiger partial charge is 0.573 e. The van der Waals surface area contributed by atoms with Gasteiger partial charge in [0.05, 0.1) is 23.8 Å². The van der Waals surface area contributed by atoms with Crippen molar-refractivity contribution in [1.82, 2.24) is 20.2 Å². The highest BCUT2D eigenvalue weighted by Gasteiger charge is 2.33. The zero-order chi connectivity index (χ0) is 26.4. The van der Waals surface area contributed by atoms with Crippen LogP contribution in [0.2, 0.25) is 0 Å². The number of halogens is 3. The monoisotopic (exact) mass is 514 g/mol. The van der Waals surface area contributed by atoms with Crippen LogP contribution < -0.4 is 20.7 Å². The minimum absolute atomic E-state index is 0.0314. The quantitative estimate of drug-likeness (QED) is 0.433. The number of likely N-dealkylation sites (tertiary alicyclic amines) is 1. The number of carbonyl (C=O) groups excluding carboxylic acids is 2. The van der Waals surface area contributed by atoms with Crippen molar-refractivity contribution in [2.45, 2.75) is 32.3 Å². The number of ether oxygens (including phenoxy) is 1. The Kier molecular flexibility index (Phi) is 7.87. The molecule has 3 aromatic rings. The van der Waals surface area contributed by atoms with Crippen molar-refractivity contribution in [1.29, 1.82) is 0 Å². The van der Waals surface area contributed by atoms with Crippen LogP contribution in [-0.2, 0) is 6.54 Å². The number of urea groups is 1. The van der Waals surface area contributed by atoms with Gasteiger partial charge in [0.2, 0.25) is 0 Å². The first-order valence-corrected chi connectivity index (χ1v) is 11.5. The van der Waals surface area contributed by atoms with E-state index in [1.807, 2.05) is 30.3 Å². The molecule has 9 nitrogen and oxygen atoms in total. The van der Waals surface area contributed by atoms with Crippen molar-refractivity contribution in [3.05, 3.63) is 77.7 Å². The molecule has 3 N–H and O–H groups in total. The van der Waals surface area contributed by atoms with E-state index in [1.54, 1.807) is 6.92 Å². The second-order valence-corrected chi connectivity index (χ2v) is 8.56. The Labute approximate surface area is 211 Å². The maximum Gasteiger partial charge on any atom is 0.573 e. The highest BCUT2D eigenvalue weighted by molar-refractivity contribution is 6.01. The van der Waals surface area contributed by atoms with Crippen LogP contribution in [0.1, 0.15) is 28.0 Å². The van der Waals surface area contributed by atoms with Gasteiger partial charge in [0, 0.05) is 31.2 Å². The molecule has 194 valence electrons. The smallest absolute Gasteiger partial charge is 0.404 e. The molecule has 0 bridgehead atoms. The molecule has 2 heterocycles. The SMILES string of the molecule is Cc1cnc(NC(=O)Nc2ccc(C(=O)N[C@H]3CCN(Cc4ccccc4)C3)cc2OC(F)(F)F)cn1. The lowest BCUT2D eigenvalue weighted by Crippen LogP contribution is -2.37. The van der Waals surface area contributed by atoms with Gasteiger partial charge < -0.3 is 15.4 Å². The van der Waals surface area contributed by atoms with E-state index < -0.39 is 24.1 Å². The Hall–Kier alpha value is -4.19. The zero-order valence-corrected chi connectivity index (χ0v) is 19.9. The average molecular weight is 515 g/mol. The van der Waals surface area contributed by atoms with Crippen molar-refractivity contribution >= 4 is 23.4 Å². The summed E-state index contributed by atoms with van der Waals surface area (Å²) in [6.45, 7) is 3.86. The second-order valence-electron chi connectivity index (χ2n) is 8.56. The number of hydrogen-bond acceptors (Lipinski definition) is 6. The third-order valence-electron chi connectivity index (χ3n) is 5.60. The lowest BCUT2D eigenvalue weighted by molar-refractivity contribution is -0.274. The number of anilines is 2. The minimum atomic E-state index is -5.03. The fourth-order valence-corrected chi connectivity index (χ4v) is 3.91. The van der Waals surface area contributed by atoms with E-state index in [1.165, 1.54) is 24.5 Å². The number of rotatable bonds is 7. The highest BCUT2D eigenvalue weighted by atomic mass is 19.4. The van der Waals surface area contributed by atoms with Crippen molar-refractivity contribution in [3.63, 3.8) is 0 Å². The van der Waals surface area contributed by atoms with E-state index in [0.717, 1.165) is 24.7 Å². The predicted octanol–water partition coefficient (Wildman–Crippen LogP) is 4.33. The molecular formula is C25H25F3N6O3. The third kappa shape index (κ3) is 7.64. The summed E-state index contributed by atoms with van der Waals surface area (Å²) in [4.78, 5) is 35.2. The van der Waals surface area contributed by atoms with Gasteiger partial charge in [-0.25, -0.2) is 9.78 Å². The van der Waals surface area contributed by atoms with Gasteiger partial charge in [-0.15, -0.1) is 13.2 Å². The van der Waals surface area contributed by atoms with E-state index in [-0.39, 0.29) is 23.1 Å². The van der Waals surface area contributed by atoms with Gasteiger partial charge in [-0.1, -0.05) is 30.3 Å². The van der Waals surface area contributed by atoms with Gasteiger partial charge in [-0.2, -0.15) is 0 Å². The maximum absolute atomic E-state index is 13.1. The summed E-state index contributed by atoms with van der Waals surface area (Å²) in [5.74, 6) is -1.15. The number of nitrogens with zero attached hydrogens (tertiary/aromatic N) is 3.